The lowest BCUT2D eigenvalue weighted by molar-refractivity contribution is -0.170. The van der Waals surface area contributed by atoms with Crippen LogP contribution in [0, 0.1) is 12.8 Å². The second-order valence-electron chi connectivity index (χ2n) is 10.1. The number of aliphatic carboxylic acids is 3. The topological polar surface area (TPSA) is 176 Å². The third-order valence-electron chi connectivity index (χ3n) is 7.14. The van der Waals surface area contributed by atoms with Crippen LogP contribution in [0.25, 0.3) is 0 Å². The zero-order chi connectivity index (χ0) is 29.4. The van der Waals surface area contributed by atoms with E-state index in [9.17, 15) is 14.4 Å². The van der Waals surface area contributed by atoms with Gasteiger partial charge < -0.3 is 35.2 Å². The molecule has 11 nitrogen and oxygen atoms in total. The minimum Gasteiger partial charge on any atom is -0.493 e. The average molecular weight is 557 g/mol. The minimum absolute atomic E-state index is 0.215. The number of carbonyl (C=O) groups is 3. The van der Waals surface area contributed by atoms with Crippen LogP contribution in [0.1, 0.15) is 66.6 Å². The summed E-state index contributed by atoms with van der Waals surface area (Å²) >= 11 is 0. The number of carboxylic acid groups (broad SMARTS) is 3. The molecule has 1 aromatic carbocycles. The summed E-state index contributed by atoms with van der Waals surface area (Å²) in [5.74, 6) is -2.83. The molecule has 0 radical (unpaired) electrons. The summed E-state index contributed by atoms with van der Waals surface area (Å²) in [5, 5.41) is 37.7. The van der Waals surface area contributed by atoms with Crippen molar-refractivity contribution in [2.75, 3.05) is 14.2 Å². The normalized spacial score (nSPS) is 19.9. The molecule has 0 bridgehead atoms. The van der Waals surface area contributed by atoms with Gasteiger partial charge in [-0.05, 0) is 73.4 Å². The summed E-state index contributed by atoms with van der Waals surface area (Å²) in [6.45, 7) is 2.08. The molecule has 0 saturated heterocycles. The molecule has 0 amide bonds. The van der Waals surface area contributed by atoms with Gasteiger partial charge in [0.05, 0.1) is 38.8 Å². The summed E-state index contributed by atoms with van der Waals surface area (Å²) in [7, 11) is 3.41. The first-order chi connectivity index (χ1) is 19.0. The Bertz CT molecular complexity index is 1230. The van der Waals surface area contributed by atoms with E-state index in [2.05, 4.69) is 48.7 Å². The lowest BCUT2D eigenvalue weighted by Gasteiger charge is -2.38. The number of pyridine rings is 1. The van der Waals surface area contributed by atoms with Crippen molar-refractivity contribution in [2.45, 2.75) is 63.1 Å². The first-order valence-electron chi connectivity index (χ1n) is 12.9. The van der Waals surface area contributed by atoms with Crippen LogP contribution in [0.2, 0.25) is 0 Å². The maximum Gasteiger partial charge on any atom is 0.336 e. The largest absolute Gasteiger partial charge is 0.493 e. The van der Waals surface area contributed by atoms with Gasteiger partial charge in [-0.1, -0.05) is 18.2 Å². The number of hydrogen-bond acceptors (Lipinski definition) is 8. The monoisotopic (exact) mass is 556 g/mol. The molecule has 0 saturated carbocycles. The maximum absolute atomic E-state index is 10.3. The summed E-state index contributed by atoms with van der Waals surface area (Å²) < 4.78 is 11.2. The molecule has 1 aliphatic heterocycles. The number of nitrogens with one attached hydrogen (secondary N) is 1. The number of benzene rings is 1. The van der Waals surface area contributed by atoms with Crippen molar-refractivity contribution in [2.24, 2.45) is 5.92 Å². The van der Waals surface area contributed by atoms with Crippen molar-refractivity contribution >= 4 is 17.9 Å². The van der Waals surface area contributed by atoms with Gasteiger partial charge in [-0.15, -0.1) is 0 Å². The molecule has 1 aliphatic carbocycles. The van der Waals surface area contributed by atoms with Gasteiger partial charge in [-0.3, -0.25) is 14.6 Å². The van der Waals surface area contributed by atoms with Crippen molar-refractivity contribution in [3.8, 4) is 11.5 Å². The molecule has 0 spiro atoms. The fraction of sp³-hybridized carbons (Fsp3) is 0.448. The molecule has 2 aromatic rings. The SMILES string of the molecule is COc1cc2c(cc1OC)[C@@H](C1CC=CCC1)N[C@@H](c1ccc(C)cn1)C2.O=C(O)CC(O)(CC(=O)O)C(=O)O. The number of aliphatic hydroxyl groups is 1. The van der Waals surface area contributed by atoms with Gasteiger partial charge in [0.1, 0.15) is 0 Å². The van der Waals surface area contributed by atoms with E-state index < -0.39 is 36.4 Å². The third-order valence-corrected chi connectivity index (χ3v) is 7.14. The zero-order valence-corrected chi connectivity index (χ0v) is 22.8. The Hall–Kier alpha value is -3.96. The van der Waals surface area contributed by atoms with Crippen molar-refractivity contribution in [3.63, 3.8) is 0 Å². The van der Waals surface area contributed by atoms with Crippen molar-refractivity contribution in [1.82, 2.24) is 10.3 Å². The van der Waals surface area contributed by atoms with Gasteiger partial charge in [0.25, 0.3) is 0 Å². The van der Waals surface area contributed by atoms with Crippen LogP contribution in [0.5, 0.6) is 11.5 Å². The Labute approximate surface area is 232 Å². The number of allylic oxidation sites excluding steroid dienone is 2. The summed E-state index contributed by atoms with van der Waals surface area (Å²) in [6, 6.07) is 9.13. The Balaban J connectivity index is 0.000000289. The van der Waals surface area contributed by atoms with E-state index in [1.54, 1.807) is 14.2 Å². The smallest absolute Gasteiger partial charge is 0.336 e. The van der Waals surface area contributed by atoms with Gasteiger partial charge in [-0.25, -0.2) is 4.79 Å². The van der Waals surface area contributed by atoms with E-state index in [0.717, 1.165) is 36.5 Å². The molecule has 0 fully saturated rings. The van der Waals surface area contributed by atoms with E-state index in [4.69, 9.17) is 34.9 Å². The predicted octanol–water partition coefficient (Wildman–Crippen LogP) is 3.44. The Morgan fingerprint density at radius 2 is 1.68 bits per heavy atom. The molecule has 40 heavy (non-hydrogen) atoms. The second-order valence-corrected chi connectivity index (χ2v) is 10.1. The standard InChI is InChI=1S/C23H28N2O2.C6H8O7/c1-15-9-10-19(24-14-15)20-11-17-12-21(26-2)22(27-3)13-18(17)23(25-20)16-7-5-4-6-8-16;7-3(8)1-6(13,5(11)12)2-4(9)10/h4-5,9-10,12-14,16,20,23,25H,6-8,11H2,1-3H3;13H,1-2H2,(H,7,8)(H,9,10)(H,11,12)/t16?,20-,23-;/m1./s1. The maximum atomic E-state index is 10.3. The summed E-state index contributed by atoms with van der Waals surface area (Å²) in [5.41, 5.74) is 2.24. The molecule has 2 aliphatic rings. The molecular formula is C29H36N2O9. The number of ether oxygens (including phenoxy) is 2. The molecule has 2 heterocycles. The molecule has 1 unspecified atom stereocenters. The Morgan fingerprint density at radius 1 is 1.02 bits per heavy atom. The first-order valence-corrected chi connectivity index (χ1v) is 12.9. The number of hydrogen-bond donors (Lipinski definition) is 5. The highest BCUT2D eigenvalue weighted by atomic mass is 16.5. The highest BCUT2D eigenvalue weighted by molar-refractivity contribution is 5.88. The molecule has 4 rings (SSSR count). The Kier molecular flexibility index (Phi) is 10.2. The Morgan fingerprint density at radius 3 is 2.17 bits per heavy atom. The number of rotatable bonds is 9. The van der Waals surface area contributed by atoms with E-state index in [-0.39, 0.29) is 6.04 Å². The number of methoxy groups -OCH3 is 2. The fourth-order valence-electron chi connectivity index (χ4n) is 5.09. The molecule has 1 aromatic heterocycles. The number of aromatic nitrogens is 1. The molecule has 3 atom stereocenters. The summed E-state index contributed by atoms with van der Waals surface area (Å²) in [4.78, 5) is 35.2. The van der Waals surface area contributed by atoms with E-state index in [1.807, 2.05) is 6.20 Å². The minimum atomic E-state index is -2.74. The van der Waals surface area contributed by atoms with Gasteiger partial charge in [0.2, 0.25) is 0 Å². The van der Waals surface area contributed by atoms with Crippen LogP contribution in [0.4, 0.5) is 0 Å². The van der Waals surface area contributed by atoms with Gasteiger partial charge in [-0.2, -0.15) is 0 Å². The van der Waals surface area contributed by atoms with Gasteiger partial charge in [0.15, 0.2) is 17.1 Å². The fourth-order valence-corrected chi connectivity index (χ4v) is 5.09. The van der Waals surface area contributed by atoms with Crippen LogP contribution >= 0.6 is 0 Å². The summed E-state index contributed by atoms with van der Waals surface area (Å²) in [6.07, 6.45) is 8.67. The number of fused-ring (bicyclic) bond motifs is 1. The zero-order valence-electron chi connectivity index (χ0n) is 22.8. The van der Waals surface area contributed by atoms with E-state index in [0.29, 0.717) is 12.0 Å². The van der Waals surface area contributed by atoms with Crippen molar-refractivity contribution in [1.29, 1.82) is 0 Å². The van der Waals surface area contributed by atoms with Crippen LogP contribution in [0.3, 0.4) is 0 Å². The van der Waals surface area contributed by atoms with Crippen molar-refractivity contribution < 1.29 is 44.3 Å². The molecule has 216 valence electrons. The quantitative estimate of drug-likeness (QED) is 0.286. The molecular weight excluding hydrogens is 520 g/mol. The highest BCUT2D eigenvalue weighted by Crippen LogP contribution is 2.43. The number of carboxylic acids is 3. The first kappa shape index (κ1) is 30.6. The van der Waals surface area contributed by atoms with Gasteiger partial charge >= 0.3 is 17.9 Å². The average Bonchev–Trinajstić information content (AvgIpc) is 2.92. The lowest BCUT2D eigenvalue weighted by atomic mass is 9.78. The molecule has 5 N–H and O–H groups in total. The molecule has 11 heteroatoms. The number of nitrogens with zero attached hydrogens (tertiary/aromatic N) is 1. The lowest BCUT2D eigenvalue weighted by Crippen LogP contribution is -2.42. The van der Waals surface area contributed by atoms with Crippen LogP contribution in [-0.2, 0) is 20.8 Å². The van der Waals surface area contributed by atoms with Crippen LogP contribution in [-0.4, -0.2) is 63.1 Å². The van der Waals surface area contributed by atoms with Gasteiger partial charge in [0, 0.05) is 12.2 Å². The number of aryl methyl sites for hydroxylation is 1. The second kappa shape index (κ2) is 13.4. The predicted molar refractivity (Wildman–Crippen MR) is 144 cm³/mol. The van der Waals surface area contributed by atoms with Crippen LogP contribution in [0.15, 0.2) is 42.6 Å². The third kappa shape index (κ3) is 7.57. The van der Waals surface area contributed by atoms with Crippen molar-refractivity contribution in [3.05, 3.63) is 65.0 Å². The van der Waals surface area contributed by atoms with Crippen LogP contribution < -0.4 is 14.8 Å². The van der Waals surface area contributed by atoms with E-state index >= 15 is 0 Å². The van der Waals surface area contributed by atoms with E-state index in [1.165, 1.54) is 23.1 Å². The highest BCUT2D eigenvalue weighted by Gasteiger charge is 2.41.